The molecule has 1 aliphatic rings. The van der Waals surface area contributed by atoms with Crippen LogP contribution in [0.5, 0.6) is 0 Å². The summed E-state index contributed by atoms with van der Waals surface area (Å²) in [4.78, 5) is 14.7. The summed E-state index contributed by atoms with van der Waals surface area (Å²) >= 11 is 7.71. The Morgan fingerprint density at radius 2 is 2.15 bits per heavy atom. The van der Waals surface area contributed by atoms with Gasteiger partial charge in [0, 0.05) is 30.1 Å². The number of carbonyl (C=O) groups excluding carboxylic acids is 1. The van der Waals surface area contributed by atoms with Gasteiger partial charge >= 0.3 is 0 Å². The van der Waals surface area contributed by atoms with Crippen molar-refractivity contribution in [1.82, 2.24) is 4.90 Å². The predicted octanol–water partition coefficient (Wildman–Crippen LogP) is 2.65. The number of hydrogen-bond acceptors (Lipinski definition) is 4. The first kappa shape index (κ1) is 15.5. The van der Waals surface area contributed by atoms with E-state index in [4.69, 9.17) is 22.1 Å². The summed E-state index contributed by atoms with van der Waals surface area (Å²) in [6.45, 7) is 2.72. The highest BCUT2D eigenvalue weighted by atomic mass is 35.5. The minimum Gasteiger partial charge on any atom is -0.398 e. The maximum Gasteiger partial charge on any atom is 0.222 e. The van der Waals surface area contributed by atoms with Gasteiger partial charge in [-0.15, -0.1) is 11.8 Å². The van der Waals surface area contributed by atoms with Crippen LogP contribution in [-0.4, -0.2) is 42.9 Å². The number of nitrogens with two attached hydrogens (primary N) is 1. The summed E-state index contributed by atoms with van der Waals surface area (Å²) in [6, 6.07) is 5.51. The van der Waals surface area contributed by atoms with Gasteiger partial charge < -0.3 is 15.4 Å². The van der Waals surface area contributed by atoms with Crippen LogP contribution in [0.15, 0.2) is 23.1 Å². The molecule has 1 amide bonds. The first-order chi connectivity index (χ1) is 9.68. The Morgan fingerprint density at radius 1 is 1.40 bits per heavy atom. The zero-order valence-corrected chi connectivity index (χ0v) is 12.9. The molecule has 1 aromatic rings. The zero-order valence-electron chi connectivity index (χ0n) is 11.3. The number of nitrogen functional groups attached to an aromatic ring is 1. The Bertz CT molecular complexity index is 444. The van der Waals surface area contributed by atoms with Crippen molar-refractivity contribution in [2.45, 2.75) is 17.7 Å². The van der Waals surface area contributed by atoms with Gasteiger partial charge in [0.2, 0.25) is 5.91 Å². The number of amides is 1. The summed E-state index contributed by atoms with van der Waals surface area (Å²) in [5.41, 5.74) is 6.58. The molecular formula is C14H19ClN2O2S. The van der Waals surface area contributed by atoms with Crippen molar-refractivity contribution < 1.29 is 9.53 Å². The van der Waals surface area contributed by atoms with E-state index in [9.17, 15) is 4.79 Å². The first-order valence-electron chi connectivity index (χ1n) is 6.71. The summed E-state index contributed by atoms with van der Waals surface area (Å²) in [7, 11) is 0. The maximum absolute atomic E-state index is 12.0. The zero-order chi connectivity index (χ0) is 14.4. The average Bonchev–Trinajstić information content (AvgIpc) is 2.46. The van der Waals surface area contributed by atoms with E-state index in [1.165, 1.54) is 0 Å². The second-order valence-electron chi connectivity index (χ2n) is 4.60. The van der Waals surface area contributed by atoms with Crippen molar-refractivity contribution in [2.75, 3.05) is 37.8 Å². The molecule has 0 spiro atoms. The van der Waals surface area contributed by atoms with Crippen LogP contribution in [0.25, 0.3) is 0 Å². The lowest BCUT2D eigenvalue weighted by atomic mass is 10.3. The lowest BCUT2D eigenvalue weighted by Crippen LogP contribution is -2.40. The van der Waals surface area contributed by atoms with E-state index in [1.54, 1.807) is 11.8 Å². The molecule has 20 heavy (non-hydrogen) atoms. The fourth-order valence-corrected chi connectivity index (χ4v) is 3.33. The van der Waals surface area contributed by atoms with Gasteiger partial charge in [-0.05, 0) is 24.3 Å². The number of rotatable bonds is 5. The lowest BCUT2D eigenvalue weighted by Gasteiger charge is -2.26. The van der Waals surface area contributed by atoms with Crippen LogP contribution in [-0.2, 0) is 9.53 Å². The van der Waals surface area contributed by atoms with E-state index in [0.717, 1.165) is 17.1 Å². The van der Waals surface area contributed by atoms with Crippen LogP contribution in [0.4, 0.5) is 5.69 Å². The number of hydrogen-bond donors (Lipinski definition) is 1. The fourth-order valence-electron chi connectivity index (χ4n) is 2.05. The molecule has 1 aliphatic heterocycles. The van der Waals surface area contributed by atoms with Gasteiger partial charge in [0.15, 0.2) is 0 Å². The molecule has 0 aliphatic carbocycles. The number of carbonyl (C=O) groups is 1. The van der Waals surface area contributed by atoms with E-state index in [2.05, 4.69) is 0 Å². The van der Waals surface area contributed by atoms with Crippen LogP contribution in [0.2, 0.25) is 5.02 Å². The summed E-state index contributed by atoms with van der Waals surface area (Å²) < 4.78 is 5.23. The van der Waals surface area contributed by atoms with Crippen molar-refractivity contribution in [3.8, 4) is 0 Å². The van der Waals surface area contributed by atoms with E-state index in [1.807, 2.05) is 23.1 Å². The van der Waals surface area contributed by atoms with Gasteiger partial charge in [-0.3, -0.25) is 4.79 Å². The number of anilines is 1. The highest BCUT2D eigenvalue weighted by Crippen LogP contribution is 2.32. The molecule has 0 bridgehead atoms. The van der Waals surface area contributed by atoms with Crippen molar-refractivity contribution in [1.29, 1.82) is 0 Å². The van der Waals surface area contributed by atoms with Crippen LogP contribution in [0.3, 0.4) is 0 Å². The monoisotopic (exact) mass is 314 g/mol. The normalized spacial score (nSPS) is 15.3. The quantitative estimate of drug-likeness (QED) is 0.516. The van der Waals surface area contributed by atoms with Crippen LogP contribution >= 0.6 is 23.4 Å². The first-order valence-corrected chi connectivity index (χ1v) is 8.07. The second kappa shape index (κ2) is 7.76. The molecule has 1 fully saturated rings. The molecule has 1 heterocycles. The van der Waals surface area contributed by atoms with Gasteiger partial charge in [-0.2, -0.15) is 0 Å². The van der Waals surface area contributed by atoms with Gasteiger partial charge in [-0.1, -0.05) is 17.7 Å². The second-order valence-corrected chi connectivity index (χ2v) is 6.12. The molecule has 2 rings (SSSR count). The summed E-state index contributed by atoms with van der Waals surface area (Å²) in [6.07, 6.45) is 1.39. The lowest BCUT2D eigenvalue weighted by molar-refractivity contribution is -0.135. The van der Waals surface area contributed by atoms with Crippen LogP contribution < -0.4 is 5.73 Å². The number of nitrogens with zero attached hydrogens (tertiary/aromatic N) is 1. The summed E-state index contributed by atoms with van der Waals surface area (Å²) in [5.74, 6) is 1.05. The molecule has 2 N–H and O–H groups in total. The number of benzene rings is 1. The van der Waals surface area contributed by atoms with Gasteiger partial charge in [0.1, 0.15) is 0 Å². The molecule has 1 saturated heterocycles. The molecule has 110 valence electrons. The third-order valence-electron chi connectivity index (χ3n) is 3.14. The molecule has 0 atom stereocenters. The molecule has 0 unspecified atom stereocenters. The highest BCUT2D eigenvalue weighted by Gasteiger charge is 2.16. The third-order valence-corrected chi connectivity index (χ3v) is 4.81. The molecule has 0 radical (unpaired) electrons. The van der Waals surface area contributed by atoms with Crippen molar-refractivity contribution in [3.05, 3.63) is 23.2 Å². The van der Waals surface area contributed by atoms with Crippen molar-refractivity contribution >= 4 is 35.0 Å². The van der Waals surface area contributed by atoms with Crippen LogP contribution in [0.1, 0.15) is 12.8 Å². The van der Waals surface area contributed by atoms with Gasteiger partial charge in [-0.25, -0.2) is 0 Å². The Balaban J connectivity index is 1.72. The molecular weight excluding hydrogens is 296 g/mol. The third kappa shape index (κ3) is 4.30. The van der Waals surface area contributed by atoms with E-state index in [0.29, 0.717) is 43.4 Å². The Morgan fingerprint density at radius 3 is 2.85 bits per heavy atom. The minimum absolute atomic E-state index is 0.209. The maximum atomic E-state index is 12.0. The fraction of sp³-hybridized carbons (Fsp3) is 0.500. The Labute approximate surface area is 128 Å². The van der Waals surface area contributed by atoms with Gasteiger partial charge in [0.05, 0.1) is 18.2 Å². The summed E-state index contributed by atoms with van der Waals surface area (Å²) in [5, 5.41) is 0.675. The minimum atomic E-state index is 0.209. The predicted molar refractivity (Wildman–Crippen MR) is 83.2 cm³/mol. The average molecular weight is 315 g/mol. The largest absolute Gasteiger partial charge is 0.398 e. The van der Waals surface area contributed by atoms with Crippen LogP contribution in [0, 0.1) is 0 Å². The number of ether oxygens (including phenoxy) is 1. The Hall–Kier alpha value is -0.910. The number of morpholine rings is 1. The topological polar surface area (TPSA) is 55.6 Å². The number of halogens is 1. The molecule has 0 saturated carbocycles. The van der Waals surface area contributed by atoms with E-state index in [-0.39, 0.29) is 5.91 Å². The molecule has 4 nitrogen and oxygen atoms in total. The van der Waals surface area contributed by atoms with Crippen molar-refractivity contribution in [3.63, 3.8) is 0 Å². The molecule has 6 heteroatoms. The number of thioether (sulfide) groups is 1. The molecule has 1 aromatic carbocycles. The van der Waals surface area contributed by atoms with E-state index >= 15 is 0 Å². The highest BCUT2D eigenvalue weighted by molar-refractivity contribution is 7.99. The Kier molecular flexibility index (Phi) is 6.01. The van der Waals surface area contributed by atoms with E-state index < -0.39 is 0 Å². The molecule has 0 aromatic heterocycles. The SMILES string of the molecule is Nc1cccc(Cl)c1SCCCC(=O)N1CCOCC1. The van der Waals surface area contributed by atoms with Gasteiger partial charge in [0.25, 0.3) is 0 Å². The smallest absolute Gasteiger partial charge is 0.222 e. The van der Waals surface area contributed by atoms with Crippen molar-refractivity contribution in [2.24, 2.45) is 0 Å². The standard InChI is InChI=1S/C14H19ClN2O2S/c15-11-3-1-4-12(16)14(11)20-10-2-5-13(18)17-6-8-19-9-7-17/h1,3-4H,2,5-10,16H2.